The van der Waals surface area contributed by atoms with Crippen LogP contribution in [0.3, 0.4) is 0 Å². The number of nitrogens with zero attached hydrogens (tertiary/aromatic N) is 2. The van der Waals surface area contributed by atoms with E-state index in [1.165, 1.54) is 0 Å². The highest BCUT2D eigenvalue weighted by Gasteiger charge is 2.13. The Balaban J connectivity index is 1.97. The number of carbonyl (C=O) groups excluding carboxylic acids is 1. The van der Waals surface area contributed by atoms with Gasteiger partial charge in [0.1, 0.15) is 10.9 Å². The molecule has 1 heterocycles. The number of carbonyl (C=O) groups is 1. The minimum Gasteiger partial charge on any atom is -0.299 e. The molecule has 1 aromatic heterocycles. The predicted molar refractivity (Wildman–Crippen MR) is 63.9 cm³/mol. The summed E-state index contributed by atoms with van der Waals surface area (Å²) in [5, 5.41) is 0.490. The maximum Gasteiger partial charge on any atom is 0.138 e. The molecule has 4 heteroatoms. The van der Waals surface area contributed by atoms with Crippen molar-refractivity contribution < 1.29 is 4.79 Å². The fourth-order valence-corrected chi connectivity index (χ4v) is 1.84. The molecule has 3 nitrogen and oxygen atoms in total. The van der Waals surface area contributed by atoms with E-state index in [1.54, 1.807) is 12.3 Å². The minimum atomic E-state index is 0.305. The number of hydrogen-bond acceptors (Lipinski definition) is 3. The zero-order valence-electron chi connectivity index (χ0n) is 8.95. The highest BCUT2D eigenvalue weighted by molar-refractivity contribution is 6.29. The molecule has 1 aliphatic carbocycles. The van der Waals surface area contributed by atoms with Gasteiger partial charge in [0.05, 0.1) is 6.54 Å². The minimum absolute atomic E-state index is 0.305. The summed E-state index contributed by atoms with van der Waals surface area (Å²) in [6.07, 6.45) is 4.85. The van der Waals surface area contributed by atoms with Crippen LogP contribution < -0.4 is 0 Å². The molecule has 0 radical (unpaired) electrons. The van der Waals surface area contributed by atoms with Crippen molar-refractivity contribution in [3.8, 4) is 0 Å². The molecule has 1 fully saturated rings. The molecule has 1 saturated carbocycles. The van der Waals surface area contributed by atoms with Gasteiger partial charge in [-0.3, -0.25) is 9.79 Å². The van der Waals surface area contributed by atoms with E-state index < -0.39 is 0 Å². The topological polar surface area (TPSA) is 42.3 Å². The molecular formula is C12H13ClN2O. The smallest absolute Gasteiger partial charge is 0.138 e. The van der Waals surface area contributed by atoms with Crippen LogP contribution in [0.25, 0.3) is 0 Å². The first-order chi connectivity index (χ1) is 7.74. The number of rotatable bonds is 2. The number of halogens is 1. The van der Waals surface area contributed by atoms with Crippen LogP contribution in [0.5, 0.6) is 0 Å². The van der Waals surface area contributed by atoms with Crippen LogP contribution in [0, 0.1) is 0 Å². The Kier molecular flexibility index (Phi) is 3.67. The molecule has 0 unspecified atom stereocenters. The van der Waals surface area contributed by atoms with Crippen molar-refractivity contribution in [1.82, 2.24) is 4.98 Å². The summed E-state index contributed by atoms with van der Waals surface area (Å²) in [5.41, 5.74) is 2.04. The Bertz CT molecular complexity index is 412. The highest BCUT2D eigenvalue weighted by atomic mass is 35.5. The molecule has 0 atom stereocenters. The van der Waals surface area contributed by atoms with Crippen LogP contribution in [0.1, 0.15) is 31.2 Å². The molecule has 0 amide bonds. The van der Waals surface area contributed by atoms with Crippen molar-refractivity contribution >= 4 is 23.1 Å². The zero-order valence-corrected chi connectivity index (χ0v) is 9.70. The summed E-state index contributed by atoms with van der Waals surface area (Å²) >= 11 is 5.69. The Labute approximate surface area is 99.6 Å². The van der Waals surface area contributed by atoms with Gasteiger partial charge in [-0.1, -0.05) is 17.7 Å². The van der Waals surface area contributed by atoms with E-state index in [0.29, 0.717) is 30.3 Å². The van der Waals surface area contributed by atoms with E-state index >= 15 is 0 Å². The van der Waals surface area contributed by atoms with Crippen LogP contribution in [0.15, 0.2) is 23.3 Å². The van der Waals surface area contributed by atoms with Gasteiger partial charge in [0, 0.05) is 24.8 Å². The van der Waals surface area contributed by atoms with Gasteiger partial charge >= 0.3 is 0 Å². The van der Waals surface area contributed by atoms with E-state index in [-0.39, 0.29) is 0 Å². The summed E-state index contributed by atoms with van der Waals surface area (Å²) in [7, 11) is 0. The largest absolute Gasteiger partial charge is 0.299 e. The summed E-state index contributed by atoms with van der Waals surface area (Å²) in [4.78, 5) is 19.7. The van der Waals surface area contributed by atoms with Crippen molar-refractivity contribution in [2.75, 3.05) is 0 Å². The third-order valence-corrected chi connectivity index (χ3v) is 2.82. The summed E-state index contributed by atoms with van der Waals surface area (Å²) in [6, 6.07) is 3.66. The molecule has 0 saturated heterocycles. The zero-order chi connectivity index (χ0) is 11.4. The van der Waals surface area contributed by atoms with Crippen molar-refractivity contribution in [2.45, 2.75) is 32.2 Å². The predicted octanol–water partition coefficient (Wildman–Crippen LogP) is 2.82. The monoisotopic (exact) mass is 236 g/mol. The number of pyridine rings is 1. The molecule has 1 aromatic rings. The van der Waals surface area contributed by atoms with Crippen LogP contribution in [0.4, 0.5) is 0 Å². The lowest BCUT2D eigenvalue weighted by atomic mass is 9.97. The first-order valence-electron chi connectivity index (χ1n) is 5.38. The van der Waals surface area contributed by atoms with Gasteiger partial charge in [0.25, 0.3) is 0 Å². The molecule has 2 rings (SSSR count). The molecular weight excluding hydrogens is 224 g/mol. The maximum absolute atomic E-state index is 11.2. The Morgan fingerprint density at radius 2 is 2.25 bits per heavy atom. The lowest BCUT2D eigenvalue weighted by Gasteiger charge is -2.11. The molecule has 0 bridgehead atoms. The first kappa shape index (κ1) is 11.3. The second kappa shape index (κ2) is 5.21. The van der Waals surface area contributed by atoms with Crippen LogP contribution >= 0.6 is 11.6 Å². The Morgan fingerprint density at radius 1 is 1.38 bits per heavy atom. The first-order valence-corrected chi connectivity index (χ1v) is 5.76. The van der Waals surface area contributed by atoms with Gasteiger partial charge < -0.3 is 0 Å². The third kappa shape index (κ3) is 3.14. The summed E-state index contributed by atoms with van der Waals surface area (Å²) < 4.78 is 0. The van der Waals surface area contributed by atoms with E-state index in [0.717, 1.165) is 24.1 Å². The van der Waals surface area contributed by atoms with E-state index in [9.17, 15) is 4.79 Å². The van der Waals surface area contributed by atoms with Gasteiger partial charge in [-0.05, 0) is 24.5 Å². The maximum atomic E-state index is 11.2. The van der Waals surface area contributed by atoms with E-state index in [2.05, 4.69) is 9.98 Å². The molecule has 0 N–H and O–H groups in total. The number of hydrogen-bond donors (Lipinski definition) is 0. The summed E-state index contributed by atoms with van der Waals surface area (Å²) in [6.45, 7) is 0.590. The van der Waals surface area contributed by atoms with Gasteiger partial charge in [0.2, 0.25) is 0 Å². The SMILES string of the molecule is O=C1CCCC(=NCc2ccc(Cl)nc2)C1. The van der Waals surface area contributed by atoms with Crippen LogP contribution in [0.2, 0.25) is 5.15 Å². The quantitative estimate of drug-likeness (QED) is 0.741. The average molecular weight is 237 g/mol. The standard InChI is InChI=1S/C12H13ClN2O/c13-12-5-4-9(8-15-12)7-14-10-2-1-3-11(16)6-10/h4-5,8H,1-3,6-7H2. The number of ketones is 1. The number of aromatic nitrogens is 1. The van der Waals surface area contributed by atoms with E-state index in [4.69, 9.17) is 11.6 Å². The molecule has 0 aliphatic heterocycles. The molecule has 84 valence electrons. The lowest BCUT2D eigenvalue weighted by molar-refractivity contribution is -0.118. The second-order valence-corrected chi connectivity index (χ2v) is 4.33. The van der Waals surface area contributed by atoms with Crippen molar-refractivity contribution in [3.05, 3.63) is 29.0 Å². The van der Waals surface area contributed by atoms with Gasteiger partial charge in [-0.2, -0.15) is 0 Å². The number of aliphatic imine (C=N–C) groups is 1. The third-order valence-electron chi connectivity index (χ3n) is 2.60. The highest BCUT2D eigenvalue weighted by Crippen LogP contribution is 2.13. The van der Waals surface area contributed by atoms with Crippen molar-refractivity contribution in [1.29, 1.82) is 0 Å². The van der Waals surface area contributed by atoms with Gasteiger partial charge in [-0.15, -0.1) is 0 Å². The Hall–Kier alpha value is -1.22. The van der Waals surface area contributed by atoms with Crippen molar-refractivity contribution in [2.24, 2.45) is 4.99 Å². The molecule has 0 spiro atoms. The van der Waals surface area contributed by atoms with Crippen molar-refractivity contribution in [3.63, 3.8) is 0 Å². The fourth-order valence-electron chi connectivity index (χ4n) is 1.73. The van der Waals surface area contributed by atoms with E-state index in [1.807, 2.05) is 6.07 Å². The lowest BCUT2D eigenvalue weighted by Crippen LogP contribution is -2.14. The molecule has 0 aromatic carbocycles. The molecule has 16 heavy (non-hydrogen) atoms. The van der Waals surface area contributed by atoms with Crippen LogP contribution in [-0.2, 0) is 11.3 Å². The second-order valence-electron chi connectivity index (χ2n) is 3.94. The fraction of sp³-hybridized carbons (Fsp3) is 0.417. The van der Waals surface area contributed by atoms with Gasteiger partial charge in [-0.25, -0.2) is 4.98 Å². The van der Waals surface area contributed by atoms with Crippen LogP contribution in [-0.4, -0.2) is 16.5 Å². The Morgan fingerprint density at radius 3 is 2.94 bits per heavy atom. The van der Waals surface area contributed by atoms with Gasteiger partial charge in [0.15, 0.2) is 0 Å². The molecule has 1 aliphatic rings. The normalized spacial score (nSPS) is 19.1. The summed E-state index contributed by atoms with van der Waals surface area (Å²) in [5.74, 6) is 0.305. The average Bonchev–Trinajstić information content (AvgIpc) is 2.28. The number of Topliss-reactive ketones (excluding diaryl/α,β-unsaturated/α-hetero) is 1.